The standard InChI is InChI=1S/C19H20N8O6/c20-14-13-15(27-19(21)25-14)26-17(31)11(23-13)7-22-9-3-1-8(2-4-9)16(30)24-10(18(32)33)5-6-12(28)29/h1-4,10,22H,5-7H2,(H,24,30)(H,28,29)(H,32,33)(H5,20,21,25,26,27,31)/t10-/m0/s1. The summed E-state index contributed by atoms with van der Waals surface area (Å²) >= 11 is 0. The highest BCUT2D eigenvalue weighted by Crippen LogP contribution is 2.14. The van der Waals surface area contributed by atoms with Gasteiger partial charge in [0.05, 0.1) is 6.54 Å². The van der Waals surface area contributed by atoms with E-state index < -0.39 is 35.9 Å². The Labute approximate surface area is 185 Å². The summed E-state index contributed by atoms with van der Waals surface area (Å²) < 4.78 is 0. The lowest BCUT2D eigenvalue weighted by molar-refractivity contribution is -0.140. The van der Waals surface area contributed by atoms with Crippen molar-refractivity contribution in [1.82, 2.24) is 25.3 Å². The summed E-state index contributed by atoms with van der Waals surface area (Å²) in [4.78, 5) is 60.8. The van der Waals surface area contributed by atoms with Gasteiger partial charge in [-0.15, -0.1) is 0 Å². The SMILES string of the molecule is Nc1nc(N)c2nc(CNc3ccc(C(=O)N[C@@H](CCC(=O)O)C(=O)O)cc3)c(=O)[nH]c2n1. The molecule has 0 spiro atoms. The summed E-state index contributed by atoms with van der Waals surface area (Å²) in [5, 5.41) is 23.1. The van der Waals surface area contributed by atoms with Crippen molar-refractivity contribution in [1.29, 1.82) is 0 Å². The molecule has 0 saturated carbocycles. The molecule has 172 valence electrons. The number of nitrogen functional groups attached to an aromatic ring is 2. The zero-order valence-electron chi connectivity index (χ0n) is 17.0. The van der Waals surface area contributed by atoms with E-state index in [0.29, 0.717) is 5.69 Å². The Morgan fingerprint density at radius 3 is 2.39 bits per heavy atom. The van der Waals surface area contributed by atoms with E-state index in [4.69, 9.17) is 21.7 Å². The maximum Gasteiger partial charge on any atom is 0.326 e. The van der Waals surface area contributed by atoms with Gasteiger partial charge in [0, 0.05) is 17.7 Å². The maximum atomic E-state index is 12.3. The second-order valence-corrected chi connectivity index (χ2v) is 6.90. The van der Waals surface area contributed by atoms with E-state index in [-0.39, 0.29) is 47.2 Å². The highest BCUT2D eigenvalue weighted by molar-refractivity contribution is 5.97. The van der Waals surface area contributed by atoms with E-state index >= 15 is 0 Å². The van der Waals surface area contributed by atoms with Crippen LogP contribution in [0.3, 0.4) is 0 Å². The molecule has 0 aliphatic heterocycles. The Kier molecular flexibility index (Phi) is 6.66. The maximum absolute atomic E-state index is 12.3. The average Bonchev–Trinajstić information content (AvgIpc) is 2.75. The number of anilines is 3. The van der Waals surface area contributed by atoms with Gasteiger partial charge in [0.15, 0.2) is 11.5 Å². The van der Waals surface area contributed by atoms with Crippen LogP contribution in [0.25, 0.3) is 11.2 Å². The number of aromatic nitrogens is 4. The van der Waals surface area contributed by atoms with Crippen molar-refractivity contribution in [2.45, 2.75) is 25.4 Å². The summed E-state index contributed by atoms with van der Waals surface area (Å²) in [6.07, 6.45) is -0.640. The first-order valence-electron chi connectivity index (χ1n) is 9.55. The fourth-order valence-electron chi connectivity index (χ4n) is 2.86. The molecule has 1 atom stereocenters. The molecule has 0 saturated heterocycles. The number of carboxylic acid groups (broad SMARTS) is 2. The number of hydrogen-bond acceptors (Lipinski definition) is 10. The van der Waals surface area contributed by atoms with E-state index in [9.17, 15) is 19.2 Å². The summed E-state index contributed by atoms with van der Waals surface area (Å²) in [5.41, 5.74) is 11.9. The molecule has 9 N–H and O–H groups in total. The molecule has 14 heteroatoms. The summed E-state index contributed by atoms with van der Waals surface area (Å²) in [5.74, 6) is -3.23. The number of H-pyrrole nitrogens is 1. The van der Waals surface area contributed by atoms with E-state index in [0.717, 1.165) is 0 Å². The number of carbonyl (C=O) groups excluding carboxylic acids is 1. The topological polar surface area (TPSA) is 239 Å². The van der Waals surface area contributed by atoms with Crippen LogP contribution in [0.15, 0.2) is 29.1 Å². The number of rotatable bonds is 9. The molecule has 3 aromatic rings. The Bertz CT molecular complexity index is 1270. The third-order valence-electron chi connectivity index (χ3n) is 4.53. The minimum absolute atomic E-state index is 0.0217. The molecule has 1 amide bonds. The zero-order valence-corrected chi connectivity index (χ0v) is 17.0. The molecule has 3 rings (SSSR count). The fourth-order valence-corrected chi connectivity index (χ4v) is 2.86. The zero-order chi connectivity index (χ0) is 24.1. The van der Waals surface area contributed by atoms with E-state index in [1.165, 1.54) is 12.1 Å². The number of fused-ring (bicyclic) bond motifs is 1. The summed E-state index contributed by atoms with van der Waals surface area (Å²) in [6.45, 7) is 0.0247. The number of carboxylic acids is 2. The number of aromatic amines is 1. The molecule has 2 aromatic heterocycles. The van der Waals surface area contributed by atoms with Crippen LogP contribution < -0.4 is 27.7 Å². The average molecular weight is 456 g/mol. The fraction of sp³-hybridized carbons (Fsp3) is 0.211. The van der Waals surface area contributed by atoms with Crippen LogP contribution in [-0.2, 0) is 16.1 Å². The van der Waals surface area contributed by atoms with Crippen LogP contribution in [0.5, 0.6) is 0 Å². The Balaban J connectivity index is 1.66. The number of aliphatic carboxylic acids is 2. The number of nitrogens with zero attached hydrogens (tertiary/aromatic N) is 3. The monoisotopic (exact) mass is 456 g/mol. The van der Waals surface area contributed by atoms with E-state index in [2.05, 4.69) is 30.6 Å². The molecule has 0 bridgehead atoms. The summed E-state index contributed by atoms with van der Waals surface area (Å²) in [6, 6.07) is 4.66. The number of benzene rings is 1. The lowest BCUT2D eigenvalue weighted by Crippen LogP contribution is -2.41. The first-order chi connectivity index (χ1) is 15.6. The van der Waals surface area contributed by atoms with Gasteiger partial charge in [-0.3, -0.25) is 14.4 Å². The van der Waals surface area contributed by atoms with Gasteiger partial charge in [-0.2, -0.15) is 9.97 Å². The molecule has 2 heterocycles. The predicted octanol–water partition coefficient (Wildman–Crippen LogP) is -0.463. The third kappa shape index (κ3) is 5.69. The summed E-state index contributed by atoms with van der Waals surface area (Å²) in [7, 11) is 0. The second kappa shape index (κ2) is 9.59. The lowest BCUT2D eigenvalue weighted by Gasteiger charge is -2.14. The molecule has 0 aliphatic rings. The quantitative estimate of drug-likeness (QED) is 0.216. The number of carbonyl (C=O) groups is 3. The van der Waals surface area contributed by atoms with Crippen LogP contribution in [0.1, 0.15) is 28.9 Å². The van der Waals surface area contributed by atoms with Crippen LogP contribution in [-0.4, -0.2) is 54.0 Å². The molecule has 0 unspecified atom stereocenters. The van der Waals surface area contributed by atoms with Crippen LogP contribution in [0.2, 0.25) is 0 Å². The third-order valence-corrected chi connectivity index (χ3v) is 4.53. The van der Waals surface area contributed by atoms with Gasteiger partial charge in [0.1, 0.15) is 17.3 Å². The van der Waals surface area contributed by atoms with Crippen molar-refractivity contribution in [3.63, 3.8) is 0 Å². The van der Waals surface area contributed by atoms with Gasteiger partial charge in [-0.1, -0.05) is 0 Å². The van der Waals surface area contributed by atoms with E-state index in [1.54, 1.807) is 12.1 Å². The van der Waals surface area contributed by atoms with Gasteiger partial charge in [0.25, 0.3) is 11.5 Å². The number of nitrogens with two attached hydrogens (primary N) is 2. The normalized spacial score (nSPS) is 11.6. The molecular formula is C19H20N8O6. The highest BCUT2D eigenvalue weighted by atomic mass is 16.4. The largest absolute Gasteiger partial charge is 0.481 e. The van der Waals surface area contributed by atoms with Gasteiger partial charge in [-0.25, -0.2) is 9.78 Å². The number of nitrogens with one attached hydrogen (secondary N) is 3. The number of amides is 1. The van der Waals surface area contributed by atoms with E-state index in [1.807, 2.05) is 0 Å². The van der Waals surface area contributed by atoms with Crippen LogP contribution in [0.4, 0.5) is 17.5 Å². The predicted molar refractivity (Wildman–Crippen MR) is 116 cm³/mol. The van der Waals surface area contributed by atoms with Gasteiger partial charge >= 0.3 is 11.9 Å². The Morgan fingerprint density at radius 2 is 1.76 bits per heavy atom. The minimum Gasteiger partial charge on any atom is -0.481 e. The number of hydrogen-bond donors (Lipinski definition) is 7. The molecule has 1 aromatic carbocycles. The smallest absolute Gasteiger partial charge is 0.326 e. The van der Waals surface area contributed by atoms with Crippen molar-refractivity contribution < 1.29 is 24.6 Å². The first-order valence-corrected chi connectivity index (χ1v) is 9.55. The van der Waals surface area contributed by atoms with Crippen molar-refractivity contribution in [2.24, 2.45) is 0 Å². The van der Waals surface area contributed by atoms with Crippen molar-refractivity contribution >= 4 is 46.5 Å². The first kappa shape index (κ1) is 22.9. The van der Waals surface area contributed by atoms with Crippen molar-refractivity contribution in [3.05, 3.63) is 45.9 Å². The molecular weight excluding hydrogens is 436 g/mol. The van der Waals surface area contributed by atoms with Gasteiger partial charge < -0.3 is 37.3 Å². The lowest BCUT2D eigenvalue weighted by atomic mass is 10.1. The Hall–Kier alpha value is -4.75. The molecule has 14 nitrogen and oxygen atoms in total. The van der Waals surface area contributed by atoms with Gasteiger partial charge in [0.2, 0.25) is 5.95 Å². The minimum atomic E-state index is -1.33. The second-order valence-electron chi connectivity index (χ2n) is 6.90. The van der Waals surface area contributed by atoms with Crippen molar-refractivity contribution in [2.75, 3.05) is 16.8 Å². The highest BCUT2D eigenvalue weighted by Gasteiger charge is 2.21. The Morgan fingerprint density at radius 1 is 1.06 bits per heavy atom. The van der Waals surface area contributed by atoms with Gasteiger partial charge in [-0.05, 0) is 30.7 Å². The molecule has 0 radical (unpaired) electrons. The molecule has 0 fully saturated rings. The van der Waals surface area contributed by atoms with Crippen LogP contribution in [0, 0.1) is 0 Å². The van der Waals surface area contributed by atoms with Crippen molar-refractivity contribution in [3.8, 4) is 0 Å². The molecule has 33 heavy (non-hydrogen) atoms. The van der Waals surface area contributed by atoms with Crippen LogP contribution >= 0.6 is 0 Å². The molecule has 0 aliphatic carbocycles.